The predicted octanol–water partition coefficient (Wildman–Crippen LogP) is 1.21. The largest absolute Gasteiger partial charge is 0.507 e. The van der Waals surface area contributed by atoms with Crippen molar-refractivity contribution in [3.05, 3.63) is 23.8 Å². The number of ether oxygens (including phenoxy) is 1. The molecule has 0 aliphatic carbocycles. The number of morpholine rings is 1. The highest BCUT2D eigenvalue weighted by Crippen LogP contribution is 2.24. The van der Waals surface area contributed by atoms with E-state index in [4.69, 9.17) is 4.74 Å². The molecule has 1 aromatic carbocycles. The monoisotopic (exact) mass is 278 g/mol. The SMILES string of the molecule is CC(=O)Nc1ccc(O)c(C(=O)N2CCOC(C)C2)c1. The standard InChI is InChI=1S/C14H18N2O4/c1-9-8-16(5-6-20-9)14(19)12-7-11(15-10(2)17)3-4-13(12)18/h3-4,7,9,18H,5-6,8H2,1-2H3,(H,15,17). The van der Waals surface area contributed by atoms with Gasteiger partial charge in [0.25, 0.3) is 5.91 Å². The minimum atomic E-state index is -0.259. The molecule has 1 unspecified atom stereocenters. The zero-order chi connectivity index (χ0) is 14.7. The number of carbonyl (C=O) groups excluding carboxylic acids is 2. The predicted molar refractivity (Wildman–Crippen MR) is 73.7 cm³/mol. The molecule has 1 fully saturated rings. The van der Waals surface area contributed by atoms with Crippen LogP contribution in [-0.4, -0.2) is 47.6 Å². The second kappa shape index (κ2) is 5.92. The van der Waals surface area contributed by atoms with Gasteiger partial charge in [0.15, 0.2) is 0 Å². The van der Waals surface area contributed by atoms with E-state index in [2.05, 4.69) is 5.32 Å². The summed E-state index contributed by atoms with van der Waals surface area (Å²) < 4.78 is 5.39. The van der Waals surface area contributed by atoms with E-state index in [-0.39, 0.29) is 29.2 Å². The van der Waals surface area contributed by atoms with Crippen molar-refractivity contribution in [3.63, 3.8) is 0 Å². The van der Waals surface area contributed by atoms with E-state index in [1.54, 1.807) is 11.0 Å². The van der Waals surface area contributed by atoms with Crippen molar-refractivity contribution in [1.82, 2.24) is 4.90 Å². The number of amides is 2. The van der Waals surface area contributed by atoms with Crippen molar-refractivity contribution in [2.75, 3.05) is 25.0 Å². The Balaban J connectivity index is 2.21. The maximum Gasteiger partial charge on any atom is 0.257 e. The summed E-state index contributed by atoms with van der Waals surface area (Å²) in [6, 6.07) is 4.44. The third kappa shape index (κ3) is 3.27. The van der Waals surface area contributed by atoms with Gasteiger partial charge in [0.1, 0.15) is 5.75 Å². The van der Waals surface area contributed by atoms with Gasteiger partial charge >= 0.3 is 0 Å². The van der Waals surface area contributed by atoms with Gasteiger partial charge in [-0.1, -0.05) is 0 Å². The summed E-state index contributed by atoms with van der Waals surface area (Å²) in [6.07, 6.45) is -0.0200. The number of rotatable bonds is 2. The van der Waals surface area contributed by atoms with Crippen LogP contribution in [0.25, 0.3) is 0 Å². The molecule has 6 nitrogen and oxygen atoms in total. The normalized spacial score (nSPS) is 18.7. The first-order chi connectivity index (χ1) is 9.47. The van der Waals surface area contributed by atoms with Crippen LogP contribution in [0, 0.1) is 0 Å². The number of anilines is 1. The number of nitrogens with zero attached hydrogens (tertiary/aromatic N) is 1. The van der Waals surface area contributed by atoms with Gasteiger partial charge in [-0.25, -0.2) is 0 Å². The molecular formula is C14H18N2O4. The zero-order valence-corrected chi connectivity index (χ0v) is 11.5. The summed E-state index contributed by atoms with van der Waals surface area (Å²) in [7, 11) is 0. The number of carbonyl (C=O) groups is 2. The van der Waals surface area contributed by atoms with E-state index >= 15 is 0 Å². The second-order valence-corrected chi connectivity index (χ2v) is 4.85. The molecule has 1 aliphatic heterocycles. The number of benzene rings is 1. The maximum atomic E-state index is 12.4. The van der Waals surface area contributed by atoms with Crippen LogP contribution >= 0.6 is 0 Å². The summed E-state index contributed by atoms with van der Waals surface area (Å²) in [6.45, 7) is 4.75. The van der Waals surface area contributed by atoms with Crippen molar-refractivity contribution in [3.8, 4) is 5.75 Å². The Morgan fingerprint density at radius 2 is 2.20 bits per heavy atom. The number of phenolic OH excluding ortho intramolecular Hbond substituents is 1. The molecule has 2 amide bonds. The van der Waals surface area contributed by atoms with E-state index in [9.17, 15) is 14.7 Å². The van der Waals surface area contributed by atoms with Crippen molar-refractivity contribution < 1.29 is 19.4 Å². The van der Waals surface area contributed by atoms with E-state index in [0.717, 1.165) is 0 Å². The fourth-order valence-corrected chi connectivity index (χ4v) is 2.16. The smallest absolute Gasteiger partial charge is 0.257 e. The average molecular weight is 278 g/mol. The van der Waals surface area contributed by atoms with E-state index < -0.39 is 0 Å². The second-order valence-electron chi connectivity index (χ2n) is 4.85. The number of hydrogen-bond donors (Lipinski definition) is 2. The summed E-state index contributed by atoms with van der Waals surface area (Å²) in [5.74, 6) is -0.581. The zero-order valence-electron chi connectivity index (χ0n) is 11.5. The fraction of sp³-hybridized carbons (Fsp3) is 0.429. The Hall–Kier alpha value is -2.08. The summed E-state index contributed by atoms with van der Waals surface area (Å²) in [5, 5.41) is 12.4. The molecular weight excluding hydrogens is 260 g/mol. The molecule has 1 aliphatic rings. The molecule has 1 aromatic rings. The lowest BCUT2D eigenvalue weighted by Crippen LogP contribution is -2.44. The molecule has 1 atom stereocenters. The van der Waals surface area contributed by atoms with Gasteiger partial charge in [0, 0.05) is 25.7 Å². The molecule has 1 heterocycles. The Bertz CT molecular complexity index is 530. The quantitative estimate of drug-likeness (QED) is 0.797. The molecule has 0 aromatic heterocycles. The third-order valence-electron chi connectivity index (χ3n) is 3.08. The third-order valence-corrected chi connectivity index (χ3v) is 3.08. The van der Waals surface area contributed by atoms with E-state index in [1.165, 1.54) is 19.1 Å². The lowest BCUT2D eigenvalue weighted by Gasteiger charge is -2.31. The molecule has 2 N–H and O–H groups in total. The highest BCUT2D eigenvalue weighted by atomic mass is 16.5. The summed E-state index contributed by atoms with van der Waals surface area (Å²) >= 11 is 0. The average Bonchev–Trinajstić information content (AvgIpc) is 2.39. The van der Waals surface area contributed by atoms with Crippen LogP contribution in [0.15, 0.2) is 18.2 Å². The maximum absolute atomic E-state index is 12.4. The minimum Gasteiger partial charge on any atom is -0.507 e. The van der Waals surface area contributed by atoms with Crippen LogP contribution in [0.4, 0.5) is 5.69 Å². The van der Waals surface area contributed by atoms with Gasteiger partial charge < -0.3 is 20.1 Å². The van der Waals surface area contributed by atoms with Gasteiger partial charge in [-0.2, -0.15) is 0 Å². The Labute approximate surface area is 117 Å². The molecule has 0 saturated carbocycles. The Kier molecular flexibility index (Phi) is 4.24. The van der Waals surface area contributed by atoms with Gasteiger partial charge in [0.05, 0.1) is 18.3 Å². The van der Waals surface area contributed by atoms with Crippen LogP contribution in [0.2, 0.25) is 0 Å². The Morgan fingerprint density at radius 3 is 2.85 bits per heavy atom. The van der Waals surface area contributed by atoms with Crippen LogP contribution in [0.3, 0.4) is 0 Å². The van der Waals surface area contributed by atoms with Gasteiger partial charge in [0.2, 0.25) is 5.91 Å². The number of nitrogens with one attached hydrogen (secondary N) is 1. The van der Waals surface area contributed by atoms with Gasteiger partial charge in [-0.15, -0.1) is 0 Å². The molecule has 0 bridgehead atoms. The first-order valence-electron chi connectivity index (χ1n) is 6.49. The van der Waals surface area contributed by atoms with Gasteiger partial charge in [-0.3, -0.25) is 9.59 Å². The summed E-state index contributed by atoms with van der Waals surface area (Å²) in [5.41, 5.74) is 0.672. The number of hydrogen-bond acceptors (Lipinski definition) is 4. The molecule has 108 valence electrons. The van der Waals surface area contributed by atoms with E-state index in [1.807, 2.05) is 6.92 Å². The molecule has 1 saturated heterocycles. The van der Waals surface area contributed by atoms with Crippen LogP contribution in [-0.2, 0) is 9.53 Å². The van der Waals surface area contributed by atoms with Crippen molar-refractivity contribution >= 4 is 17.5 Å². The molecule has 20 heavy (non-hydrogen) atoms. The molecule has 0 radical (unpaired) electrons. The highest BCUT2D eigenvalue weighted by molar-refractivity contribution is 5.99. The van der Waals surface area contributed by atoms with Crippen LogP contribution in [0.5, 0.6) is 5.75 Å². The van der Waals surface area contributed by atoms with Crippen molar-refractivity contribution in [2.45, 2.75) is 20.0 Å². The minimum absolute atomic E-state index is 0.0200. The number of aromatic hydroxyl groups is 1. The lowest BCUT2D eigenvalue weighted by molar-refractivity contribution is -0.114. The number of phenols is 1. The van der Waals surface area contributed by atoms with Crippen LogP contribution < -0.4 is 5.32 Å². The van der Waals surface area contributed by atoms with E-state index in [0.29, 0.717) is 25.4 Å². The Morgan fingerprint density at radius 1 is 1.45 bits per heavy atom. The first kappa shape index (κ1) is 14.3. The topological polar surface area (TPSA) is 78.9 Å². The first-order valence-corrected chi connectivity index (χ1v) is 6.49. The highest BCUT2D eigenvalue weighted by Gasteiger charge is 2.24. The molecule has 2 rings (SSSR count). The van der Waals surface area contributed by atoms with Crippen molar-refractivity contribution in [1.29, 1.82) is 0 Å². The fourth-order valence-electron chi connectivity index (χ4n) is 2.16. The van der Waals surface area contributed by atoms with Crippen molar-refractivity contribution in [2.24, 2.45) is 0 Å². The summed E-state index contributed by atoms with van der Waals surface area (Å²) in [4.78, 5) is 25.1. The molecule has 0 spiro atoms. The van der Waals surface area contributed by atoms with Crippen LogP contribution in [0.1, 0.15) is 24.2 Å². The lowest BCUT2D eigenvalue weighted by atomic mass is 10.1. The molecule has 6 heteroatoms. The van der Waals surface area contributed by atoms with Gasteiger partial charge in [-0.05, 0) is 25.1 Å².